The zero-order chi connectivity index (χ0) is 10.6. The maximum atomic E-state index is 10.8. The van der Waals surface area contributed by atoms with Crippen molar-refractivity contribution in [3.05, 3.63) is 35.9 Å². The van der Waals surface area contributed by atoms with Crippen molar-refractivity contribution in [2.45, 2.75) is 6.10 Å². The van der Waals surface area contributed by atoms with Crippen LogP contribution in [0.3, 0.4) is 0 Å². The minimum Gasteiger partial charge on any atom is -0.388 e. The van der Waals surface area contributed by atoms with Crippen LogP contribution in [0.25, 0.3) is 0 Å². The van der Waals surface area contributed by atoms with Crippen molar-refractivity contribution >= 4 is 19.7 Å². The van der Waals surface area contributed by atoms with Crippen LogP contribution in [0.15, 0.2) is 30.3 Å². The standard InChI is InChI=1S/C9H12O3S2/c1-14(11,12)13-7-9(10)8-5-3-2-4-6-8/h2-6,9-10H,7H2,1H3/t9-/m1/s1. The zero-order valence-corrected chi connectivity index (χ0v) is 9.38. The molecule has 0 heterocycles. The second kappa shape index (κ2) is 4.82. The second-order valence-corrected chi connectivity index (χ2v) is 7.42. The molecule has 0 fully saturated rings. The van der Waals surface area contributed by atoms with Gasteiger partial charge in [0.05, 0.1) is 6.10 Å². The van der Waals surface area contributed by atoms with Gasteiger partial charge in [-0.3, -0.25) is 0 Å². The summed E-state index contributed by atoms with van der Waals surface area (Å²) in [5.74, 6) is 0.169. The van der Waals surface area contributed by atoms with Crippen LogP contribution in [0.5, 0.6) is 0 Å². The lowest BCUT2D eigenvalue weighted by Crippen LogP contribution is -2.02. The van der Waals surface area contributed by atoms with E-state index in [1.807, 2.05) is 18.2 Å². The fraction of sp³-hybridized carbons (Fsp3) is 0.333. The number of benzene rings is 1. The van der Waals surface area contributed by atoms with Crippen molar-refractivity contribution in [3.8, 4) is 0 Å². The third-order valence-electron chi connectivity index (χ3n) is 1.62. The Morgan fingerprint density at radius 2 is 1.93 bits per heavy atom. The summed E-state index contributed by atoms with van der Waals surface area (Å²) in [4.78, 5) is 0. The fourth-order valence-corrected chi connectivity index (χ4v) is 2.66. The molecule has 0 amide bonds. The maximum absolute atomic E-state index is 10.8. The Balaban J connectivity index is 2.56. The first kappa shape index (κ1) is 11.6. The lowest BCUT2D eigenvalue weighted by molar-refractivity contribution is 0.204. The quantitative estimate of drug-likeness (QED) is 0.798. The van der Waals surface area contributed by atoms with Gasteiger partial charge >= 0.3 is 0 Å². The van der Waals surface area contributed by atoms with E-state index >= 15 is 0 Å². The first-order valence-corrected chi connectivity index (χ1v) is 7.46. The highest BCUT2D eigenvalue weighted by atomic mass is 33.1. The van der Waals surface area contributed by atoms with Gasteiger partial charge in [-0.05, 0) is 16.4 Å². The molecule has 14 heavy (non-hydrogen) atoms. The lowest BCUT2D eigenvalue weighted by atomic mass is 10.1. The predicted octanol–water partition coefficient (Wildman–Crippen LogP) is 1.41. The van der Waals surface area contributed by atoms with E-state index in [4.69, 9.17) is 0 Å². The minimum atomic E-state index is -3.07. The third kappa shape index (κ3) is 4.13. The summed E-state index contributed by atoms with van der Waals surface area (Å²) in [7, 11) is -2.31. The summed E-state index contributed by atoms with van der Waals surface area (Å²) in [5.41, 5.74) is 0.739. The van der Waals surface area contributed by atoms with E-state index in [1.54, 1.807) is 12.1 Å². The number of rotatable bonds is 4. The Morgan fingerprint density at radius 1 is 1.36 bits per heavy atom. The molecule has 0 radical (unpaired) electrons. The van der Waals surface area contributed by atoms with Crippen LogP contribution in [0.4, 0.5) is 0 Å². The first-order chi connectivity index (χ1) is 6.49. The van der Waals surface area contributed by atoms with Crippen LogP contribution in [0, 0.1) is 0 Å². The molecule has 0 aromatic heterocycles. The molecule has 0 spiro atoms. The van der Waals surface area contributed by atoms with Gasteiger partial charge in [0.25, 0.3) is 0 Å². The van der Waals surface area contributed by atoms with Gasteiger partial charge in [-0.2, -0.15) is 0 Å². The second-order valence-electron chi connectivity index (χ2n) is 2.92. The van der Waals surface area contributed by atoms with Gasteiger partial charge in [0.2, 0.25) is 0 Å². The van der Waals surface area contributed by atoms with Gasteiger partial charge in [-0.1, -0.05) is 30.3 Å². The predicted molar refractivity (Wildman–Crippen MR) is 58.7 cm³/mol. The number of aliphatic hydroxyl groups is 1. The van der Waals surface area contributed by atoms with Crippen LogP contribution in [0.2, 0.25) is 0 Å². The van der Waals surface area contributed by atoms with Crippen LogP contribution in [0.1, 0.15) is 11.7 Å². The Bertz CT molecular complexity index is 372. The largest absolute Gasteiger partial charge is 0.388 e. The van der Waals surface area contributed by atoms with E-state index in [-0.39, 0.29) is 5.75 Å². The summed E-state index contributed by atoms with van der Waals surface area (Å²) in [6.07, 6.45) is 0.408. The van der Waals surface area contributed by atoms with Crippen molar-refractivity contribution in [2.75, 3.05) is 12.0 Å². The molecule has 5 heteroatoms. The molecule has 1 aromatic carbocycles. The number of aliphatic hydroxyl groups excluding tert-OH is 1. The Kier molecular flexibility index (Phi) is 3.97. The van der Waals surface area contributed by atoms with Crippen LogP contribution in [-0.2, 0) is 8.87 Å². The van der Waals surface area contributed by atoms with Crippen LogP contribution < -0.4 is 0 Å². The Labute approximate surface area is 87.5 Å². The van der Waals surface area contributed by atoms with E-state index in [1.165, 1.54) is 0 Å². The lowest BCUT2D eigenvalue weighted by Gasteiger charge is -2.08. The molecule has 0 aliphatic heterocycles. The fourth-order valence-electron chi connectivity index (χ4n) is 0.959. The van der Waals surface area contributed by atoms with Crippen LogP contribution in [-0.4, -0.2) is 25.5 Å². The summed E-state index contributed by atoms with van der Waals surface area (Å²) in [5, 5.41) is 9.60. The maximum Gasteiger partial charge on any atom is 0.198 e. The van der Waals surface area contributed by atoms with E-state index in [0.29, 0.717) is 0 Å². The van der Waals surface area contributed by atoms with Crippen molar-refractivity contribution in [3.63, 3.8) is 0 Å². The topological polar surface area (TPSA) is 54.4 Å². The summed E-state index contributed by atoms with van der Waals surface area (Å²) < 4.78 is 21.6. The normalized spacial score (nSPS) is 13.9. The molecule has 78 valence electrons. The zero-order valence-electron chi connectivity index (χ0n) is 7.75. The van der Waals surface area contributed by atoms with Crippen molar-refractivity contribution in [1.29, 1.82) is 0 Å². The summed E-state index contributed by atoms with van der Waals surface area (Å²) >= 11 is 0. The van der Waals surface area contributed by atoms with E-state index in [0.717, 1.165) is 22.6 Å². The molecule has 3 nitrogen and oxygen atoms in total. The average Bonchev–Trinajstić information content (AvgIpc) is 2.14. The highest BCUT2D eigenvalue weighted by molar-refractivity contribution is 8.71. The molecule has 1 aromatic rings. The average molecular weight is 232 g/mol. The molecule has 0 saturated carbocycles. The molecule has 1 N–H and O–H groups in total. The first-order valence-electron chi connectivity index (χ1n) is 4.06. The van der Waals surface area contributed by atoms with E-state index < -0.39 is 15.0 Å². The molecule has 1 atom stereocenters. The smallest absolute Gasteiger partial charge is 0.198 e. The van der Waals surface area contributed by atoms with Crippen molar-refractivity contribution in [1.82, 2.24) is 0 Å². The minimum absolute atomic E-state index is 0.169. The van der Waals surface area contributed by atoms with Gasteiger partial charge < -0.3 is 5.11 Å². The molecular formula is C9H12O3S2. The number of hydrogen-bond acceptors (Lipinski definition) is 4. The summed E-state index contributed by atoms with van der Waals surface area (Å²) in [6, 6.07) is 9.01. The Hall–Kier alpha value is -0.520. The highest BCUT2D eigenvalue weighted by Crippen LogP contribution is 2.20. The van der Waals surface area contributed by atoms with Crippen molar-refractivity contribution in [2.24, 2.45) is 0 Å². The SMILES string of the molecule is CS(=O)(=O)SC[C@@H](O)c1ccccc1. The van der Waals surface area contributed by atoms with Gasteiger partial charge in [-0.15, -0.1) is 0 Å². The molecule has 0 unspecified atom stereocenters. The monoisotopic (exact) mass is 232 g/mol. The van der Waals surface area contributed by atoms with Gasteiger partial charge in [0.1, 0.15) is 0 Å². The van der Waals surface area contributed by atoms with Crippen LogP contribution >= 0.6 is 10.8 Å². The highest BCUT2D eigenvalue weighted by Gasteiger charge is 2.11. The van der Waals surface area contributed by atoms with E-state index in [9.17, 15) is 13.5 Å². The molecule has 0 aliphatic carbocycles. The van der Waals surface area contributed by atoms with Gasteiger partial charge in [0, 0.05) is 12.0 Å². The van der Waals surface area contributed by atoms with E-state index in [2.05, 4.69) is 0 Å². The number of hydrogen-bond donors (Lipinski definition) is 1. The summed E-state index contributed by atoms with van der Waals surface area (Å²) in [6.45, 7) is 0. The third-order valence-corrected chi connectivity index (χ3v) is 4.20. The molecular weight excluding hydrogens is 220 g/mol. The van der Waals surface area contributed by atoms with Crippen molar-refractivity contribution < 1.29 is 13.5 Å². The van der Waals surface area contributed by atoms with Gasteiger partial charge in [-0.25, -0.2) is 8.42 Å². The molecule has 0 aliphatic rings. The Morgan fingerprint density at radius 3 is 2.43 bits per heavy atom. The van der Waals surface area contributed by atoms with Gasteiger partial charge in [0.15, 0.2) is 8.87 Å². The molecule has 0 bridgehead atoms. The molecule has 0 saturated heterocycles. The molecule has 1 rings (SSSR count).